The fourth-order valence-electron chi connectivity index (χ4n) is 1.26. The molecule has 0 atom stereocenters. The first-order valence-corrected chi connectivity index (χ1v) is 4.63. The van der Waals surface area contributed by atoms with Gasteiger partial charge in [0.05, 0.1) is 6.07 Å². The largest absolute Gasteiger partial charge is 0.301 e. The van der Waals surface area contributed by atoms with E-state index in [0.717, 1.165) is 6.07 Å². The Kier molecular flexibility index (Phi) is 4.19. The van der Waals surface area contributed by atoms with Gasteiger partial charge in [-0.15, -0.1) is 0 Å². The number of benzene rings is 1. The van der Waals surface area contributed by atoms with Crippen molar-refractivity contribution in [3.05, 3.63) is 35.4 Å². The molecule has 0 aliphatic heterocycles. The van der Waals surface area contributed by atoms with Crippen LogP contribution in [0.2, 0.25) is 0 Å². The molecule has 0 aromatic heterocycles. The van der Waals surface area contributed by atoms with Gasteiger partial charge in [0, 0.05) is 31.1 Å². The Hall–Kier alpha value is -1.47. The van der Waals surface area contributed by atoms with Gasteiger partial charge in [-0.2, -0.15) is 5.26 Å². The van der Waals surface area contributed by atoms with Gasteiger partial charge in [-0.1, -0.05) is 6.07 Å². The zero-order valence-corrected chi connectivity index (χ0v) is 8.50. The average molecular weight is 210 g/mol. The smallest absolute Gasteiger partial charge is 0.130 e. The third kappa shape index (κ3) is 3.64. The van der Waals surface area contributed by atoms with E-state index in [2.05, 4.69) is 0 Å². The molecule has 0 heterocycles. The van der Waals surface area contributed by atoms with Crippen LogP contribution in [0.1, 0.15) is 12.0 Å². The Balaban J connectivity index is 2.61. The van der Waals surface area contributed by atoms with Crippen molar-refractivity contribution in [2.75, 3.05) is 13.6 Å². The summed E-state index contributed by atoms with van der Waals surface area (Å²) in [5, 5.41) is 8.37. The quantitative estimate of drug-likeness (QED) is 0.762. The lowest BCUT2D eigenvalue weighted by Gasteiger charge is -2.15. The molecule has 4 heteroatoms. The summed E-state index contributed by atoms with van der Waals surface area (Å²) in [7, 11) is 1.79. The van der Waals surface area contributed by atoms with Gasteiger partial charge in [0.2, 0.25) is 0 Å². The number of hydrogen-bond donors (Lipinski definition) is 0. The topological polar surface area (TPSA) is 27.0 Å². The van der Waals surface area contributed by atoms with Gasteiger partial charge in [-0.3, -0.25) is 0 Å². The van der Waals surface area contributed by atoms with Gasteiger partial charge in [0.25, 0.3) is 0 Å². The van der Waals surface area contributed by atoms with Crippen molar-refractivity contribution >= 4 is 0 Å². The van der Waals surface area contributed by atoms with Crippen LogP contribution >= 0.6 is 0 Å². The van der Waals surface area contributed by atoms with E-state index in [-0.39, 0.29) is 0 Å². The third-order valence-electron chi connectivity index (χ3n) is 2.06. The van der Waals surface area contributed by atoms with E-state index in [1.54, 1.807) is 7.05 Å². The second-order valence-corrected chi connectivity index (χ2v) is 3.38. The molecule has 0 aliphatic carbocycles. The lowest BCUT2D eigenvalue weighted by atomic mass is 10.2. The van der Waals surface area contributed by atoms with Crippen LogP contribution in [0, 0.1) is 23.0 Å². The maximum absolute atomic E-state index is 13.2. The number of rotatable bonds is 4. The Bertz CT molecular complexity index is 371. The second-order valence-electron chi connectivity index (χ2n) is 3.38. The van der Waals surface area contributed by atoms with Crippen LogP contribution in [0.15, 0.2) is 18.2 Å². The fourth-order valence-corrected chi connectivity index (χ4v) is 1.26. The van der Waals surface area contributed by atoms with Crippen LogP contribution in [-0.2, 0) is 6.54 Å². The predicted molar refractivity (Wildman–Crippen MR) is 52.9 cm³/mol. The second kappa shape index (κ2) is 5.42. The highest BCUT2D eigenvalue weighted by Crippen LogP contribution is 2.11. The molecular formula is C11H12F2N2. The molecule has 15 heavy (non-hydrogen) atoms. The van der Waals surface area contributed by atoms with Crippen LogP contribution in [0.5, 0.6) is 0 Å². The van der Waals surface area contributed by atoms with E-state index < -0.39 is 11.6 Å². The first-order valence-electron chi connectivity index (χ1n) is 4.63. The van der Waals surface area contributed by atoms with Gasteiger partial charge < -0.3 is 4.90 Å². The SMILES string of the molecule is CN(CCC#N)Cc1ccc(F)cc1F. The molecule has 0 bridgehead atoms. The number of nitrogens with zero attached hydrogens (tertiary/aromatic N) is 2. The molecule has 0 fully saturated rings. The zero-order chi connectivity index (χ0) is 11.3. The van der Waals surface area contributed by atoms with Crippen LogP contribution in [-0.4, -0.2) is 18.5 Å². The minimum absolute atomic E-state index is 0.383. The van der Waals surface area contributed by atoms with E-state index in [4.69, 9.17) is 5.26 Å². The molecule has 1 aromatic rings. The monoisotopic (exact) mass is 210 g/mol. The molecule has 0 saturated heterocycles. The molecule has 0 spiro atoms. The summed E-state index contributed by atoms with van der Waals surface area (Å²) in [5.41, 5.74) is 0.442. The minimum atomic E-state index is -0.573. The lowest BCUT2D eigenvalue weighted by molar-refractivity contribution is 0.328. The number of halogens is 2. The Labute approximate surface area is 87.7 Å². The summed E-state index contributed by atoms with van der Waals surface area (Å²) >= 11 is 0. The Morgan fingerprint density at radius 3 is 2.73 bits per heavy atom. The van der Waals surface area contributed by atoms with Crippen LogP contribution in [0.3, 0.4) is 0 Å². The van der Waals surface area contributed by atoms with Crippen molar-refractivity contribution < 1.29 is 8.78 Å². The number of hydrogen-bond acceptors (Lipinski definition) is 2. The molecule has 2 nitrogen and oxygen atoms in total. The molecule has 0 unspecified atom stereocenters. The molecule has 0 saturated carbocycles. The molecule has 0 N–H and O–H groups in total. The Morgan fingerprint density at radius 1 is 1.40 bits per heavy atom. The first-order chi connectivity index (χ1) is 7.13. The van der Waals surface area contributed by atoms with Crippen LogP contribution < -0.4 is 0 Å². The summed E-state index contributed by atoms with van der Waals surface area (Å²) in [6.07, 6.45) is 0.402. The van der Waals surface area contributed by atoms with Crippen molar-refractivity contribution in [1.82, 2.24) is 4.90 Å². The third-order valence-corrected chi connectivity index (χ3v) is 2.06. The van der Waals surface area contributed by atoms with Gasteiger partial charge in [-0.25, -0.2) is 8.78 Å². The average Bonchev–Trinajstić information content (AvgIpc) is 2.19. The molecule has 1 rings (SSSR count). The van der Waals surface area contributed by atoms with E-state index in [0.29, 0.717) is 25.1 Å². The maximum Gasteiger partial charge on any atom is 0.130 e. The van der Waals surface area contributed by atoms with Gasteiger partial charge >= 0.3 is 0 Å². The van der Waals surface area contributed by atoms with E-state index in [1.165, 1.54) is 12.1 Å². The summed E-state index contributed by atoms with van der Waals surface area (Å²) < 4.78 is 25.8. The normalized spacial score (nSPS) is 10.3. The highest BCUT2D eigenvalue weighted by Gasteiger charge is 2.06. The first kappa shape index (κ1) is 11.6. The minimum Gasteiger partial charge on any atom is -0.301 e. The molecular weight excluding hydrogens is 198 g/mol. The van der Waals surface area contributed by atoms with Crippen molar-refractivity contribution in [3.63, 3.8) is 0 Å². The zero-order valence-electron chi connectivity index (χ0n) is 8.50. The van der Waals surface area contributed by atoms with Crippen molar-refractivity contribution in [2.45, 2.75) is 13.0 Å². The van der Waals surface area contributed by atoms with Crippen molar-refractivity contribution in [2.24, 2.45) is 0 Å². The highest BCUT2D eigenvalue weighted by molar-refractivity contribution is 5.18. The van der Waals surface area contributed by atoms with Gasteiger partial charge in [0.15, 0.2) is 0 Å². The molecule has 0 aliphatic rings. The van der Waals surface area contributed by atoms with Crippen LogP contribution in [0.4, 0.5) is 8.78 Å². The lowest BCUT2D eigenvalue weighted by Crippen LogP contribution is -2.19. The van der Waals surface area contributed by atoms with E-state index >= 15 is 0 Å². The maximum atomic E-state index is 13.2. The molecule has 80 valence electrons. The molecule has 0 amide bonds. The molecule has 0 radical (unpaired) electrons. The van der Waals surface area contributed by atoms with Gasteiger partial charge in [-0.05, 0) is 13.1 Å². The summed E-state index contributed by atoms with van der Waals surface area (Å²) in [4.78, 5) is 1.82. The summed E-state index contributed by atoms with van der Waals surface area (Å²) in [6.45, 7) is 0.959. The van der Waals surface area contributed by atoms with E-state index in [9.17, 15) is 8.78 Å². The summed E-state index contributed by atoms with van der Waals surface area (Å²) in [6, 6.07) is 5.54. The molecule has 1 aromatic carbocycles. The highest BCUT2D eigenvalue weighted by atomic mass is 19.1. The van der Waals surface area contributed by atoms with Gasteiger partial charge in [0.1, 0.15) is 11.6 Å². The van der Waals surface area contributed by atoms with Crippen molar-refractivity contribution in [1.29, 1.82) is 5.26 Å². The van der Waals surface area contributed by atoms with Crippen LogP contribution in [0.25, 0.3) is 0 Å². The fraction of sp³-hybridized carbons (Fsp3) is 0.364. The Morgan fingerprint density at radius 2 is 2.13 bits per heavy atom. The van der Waals surface area contributed by atoms with Crippen molar-refractivity contribution in [3.8, 4) is 6.07 Å². The number of nitriles is 1. The predicted octanol–water partition coefficient (Wildman–Crippen LogP) is 2.31. The summed E-state index contributed by atoms with van der Waals surface area (Å²) in [5.74, 6) is -1.12. The standard InChI is InChI=1S/C11H12F2N2/c1-15(6-2-5-14)8-9-3-4-10(12)7-11(9)13/h3-4,7H,2,6,8H2,1H3. The van der Waals surface area contributed by atoms with E-state index in [1.807, 2.05) is 11.0 Å².